The summed E-state index contributed by atoms with van der Waals surface area (Å²) in [6.07, 6.45) is 7.00. The van der Waals surface area contributed by atoms with Crippen LogP contribution < -0.4 is 10.6 Å². The summed E-state index contributed by atoms with van der Waals surface area (Å²) in [6.45, 7) is 2.21. The monoisotopic (exact) mass is 290 g/mol. The van der Waals surface area contributed by atoms with E-state index in [0.29, 0.717) is 13.2 Å². The molecule has 4 nitrogen and oxygen atoms in total. The van der Waals surface area contributed by atoms with Gasteiger partial charge in [-0.05, 0) is 37.8 Å². The zero-order valence-corrected chi connectivity index (χ0v) is 12.6. The molecular weight excluding hydrogens is 264 g/mol. The van der Waals surface area contributed by atoms with Crippen LogP contribution in [0.2, 0.25) is 0 Å². The minimum atomic E-state index is -0.323. The van der Waals surface area contributed by atoms with Crippen molar-refractivity contribution in [2.45, 2.75) is 51.2 Å². The Labute approximate surface area is 127 Å². The number of carbonyl (C=O) groups excluding carboxylic acids is 1. The zero-order chi connectivity index (χ0) is 14.8. The predicted octanol–water partition coefficient (Wildman–Crippen LogP) is 3.23. The topological polar surface area (TPSA) is 50.4 Å². The van der Waals surface area contributed by atoms with Crippen LogP contribution in [0.15, 0.2) is 30.3 Å². The molecule has 0 radical (unpaired) electrons. The number of nitrogens with one attached hydrogen (secondary N) is 2. The van der Waals surface area contributed by atoms with E-state index in [1.165, 1.54) is 32.2 Å². The summed E-state index contributed by atoms with van der Waals surface area (Å²) in [5, 5.41) is 6.31. The van der Waals surface area contributed by atoms with Crippen LogP contribution in [0.1, 0.15) is 44.1 Å². The van der Waals surface area contributed by atoms with Crippen LogP contribution >= 0.6 is 0 Å². The van der Waals surface area contributed by atoms with Gasteiger partial charge in [-0.1, -0.05) is 43.2 Å². The minimum Gasteiger partial charge on any atom is -0.445 e. The van der Waals surface area contributed by atoms with Crippen molar-refractivity contribution in [1.29, 1.82) is 0 Å². The van der Waals surface area contributed by atoms with Crippen molar-refractivity contribution in [2.75, 3.05) is 13.1 Å². The molecule has 1 aliphatic rings. The average molecular weight is 290 g/mol. The molecule has 1 unspecified atom stereocenters. The Morgan fingerprint density at radius 3 is 2.86 bits per heavy atom. The molecule has 116 valence electrons. The van der Waals surface area contributed by atoms with E-state index in [4.69, 9.17) is 4.74 Å². The van der Waals surface area contributed by atoms with E-state index < -0.39 is 0 Å². The van der Waals surface area contributed by atoms with Gasteiger partial charge in [0, 0.05) is 12.6 Å². The summed E-state index contributed by atoms with van der Waals surface area (Å²) < 4.78 is 5.16. The zero-order valence-electron chi connectivity index (χ0n) is 12.6. The number of hydrogen-bond acceptors (Lipinski definition) is 3. The standard InChI is InChI=1S/C17H26N2O2/c20-17(21-14-15-8-3-1-4-9-15)19-12-6-2-5-10-16-11-7-13-18-16/h1,3-4,8-9,16,18H,2,5-7,10-14H2,(H,19,20). The van der Waals surface area contributed by atoms with E-state index in [9.17, 15) is 4.79 Å². The minimum absolute atomic E-state index is 0.323. The van der Waals surface area contributed by atoms with Gasteiger partial charge < -0.3 is 15.4 Å². The molecule has 1 aromatic carbocycles. The second-order valence-electron chi connectivity index (χ2n) is 5.63. The number of rotatable bonds is 8. The molecule has 1 amide bonds. The van der Waals surface area contributed by atoms with Crippen LogP contribution in [-0.2, 0) is 11.3 Å². The number of benzene rings is 1. The number of ether oxygens (including phenoxy) is 1. The van der Waals surface area contributed by atoms with Crippen LogP contribution in [0.5, 0.6) is 0 Å². The van der Waals surface area contributed by atoms with Gasteiger partial charge in [-0.2, -0.15) is 0 Å². The van der Waals surface area contributed by atoms with Gasteiger partial charge in [0.15, 0.2) is 0 Å². The lowest BCUT2D eigenvalue weighted by Gasteiger charge is -2.10. The SMILES string of the molecule is O=C(NCCCCCC1CCCN1)OCc1ccccc1. The van der Waals surface area contributed by atoms with Crippen molar-refractivity contribution >= 4 is 6.09 Å². The number of hydrogen-bond donors (Lipinski definition) is 2. The summed E-state index contributed by atoms with van der Waals surface area (Å²) in [6, 6.07) is 10.5. The van der Waals surface area contributed by atoms with Gasteiger partial charge in [-0.25, -0.2) is 4.79 Å². The maximum Gasteiger partial charge on any atom is 0.407 e. The average Bonchev–Trinajstić information content (AvgIpc) is 3.03. The third-order valence-electron chi connectivity index (χ3n) is 3.87. The first-order valence-electron chi connectivity index (χ1n) is 8.02. The van der Waals surface area contributed by atoms with Gasteiger partial charge in [-0.15, -0.1) is 0 Å². The van der Waals surface area contributed by atoms with Gasteiger partial charge in [0.2, 0.25) is 0 Å². The van der Waals surface area contributed by atoms with Crippen LogP contribution in [-0.4, -0.2) is 25.2 Å². The van der Waals surface area contributed by atoms with E-state index in [2.05, 4.69) is 10.6 Å². The molecule has 0 saturated carbocycles. The normalized spacial score (nSPS) is 17.6. The number of carbonyl (C=O) groups is 1. The van der Waals surface area contributed by atoms with Crippen molar-refractivity contribution in [3.05, 3.63) is 35.9 Å². The molecule has 1 aliphatic heterocycles. The summed E-state index contributed by atoms with van der Waals surface area (Å²) >= 11 is 0. The second kappa shape index (κ2) is 9.40. The van der Waals surface area contributed by atoms with E-state index in [0.717, 1.165) is 24.4 Å². The first-order valence-corrected chi connectivity index (χ1v) is 8.02. The molecule has 0 aliphatic carbocycles. The fourth-order valence-corrected chi connectivity index (χ4v) is 2.66. The molecule has 1 fully saturated rings. The fraction of sp³-hybridized carbons (Fsp3) is 0.588. The highest BCUT2D eigenvalue weighted by molar-refractivity contribution is 5.67. The number of amides is 1. The summed E-state index contributed by atoms with van der Waals surface area (Å²) in [5.74, 6) is 0. The van der Waals surface area contributed by atoms with Gasteiger partial charge in [0.25, 0.3) is 0 Å². The Kier molecular flexibility index (Phi) is 7.08. The van der Waals surface area contributed by atoms with Crippen molar-refractivity contribution in [2.24, 2.45) is 0 Å². The van der Waals surface area contributed by atoms with Crippen molar-refractivity contribution in [3.63, 3.8) is 0 Å². The molecule has 2 N–H and O–H groups in total. The van der Waals surface area contributed by atoms with E-state index in [1.54, 1.807) is 0 Å². The lowest BCUT2D eigenvalue weighted by Crippen LogP contribution is -2.25. The highest BCUT2D eigenvalue weighted by atomic mass is 16.5. The van der Waals surface area contributed by atoms with Gasteiger partial charge in [-0.3, -0.25) is 0 Å². The van der Waals surface area contributed by atoms with Crippen molar-refractivity contribution in [3.8, 4) is 0 Å². The molecule has 0 spiro atoms. The third kappa shape index (κ3) is 6.63. The Morgan fingerprint density at radius 1 is 1.24 bits per heavy atom. The smallest absolute Gasteiger partial charge is 0.407 e. The van der Waals surface area contributed by atoms with E-state index >= 15 is 0 Å². The van der Waals surface area contributed by atoms with Gasteiger partial charge in [0.1, 0.15) is 6.61 Å². The Bertz CT molecular complexity index is 403. The molecular formula is C17H26N2O2. The first-order chi connectivity index (χ1) is 10.3. The van der Waals surface area contributed by atoms with Crippen LogP contribution in [0.3, 0.4) is 0 Å². The molecule has 2 rings (SSSR count). The molecule has 1 aromatic rings. The van der Waals surface area contributed by atoms with Crippen molar-refractivity contribution < 1.29 is 9.53 Å². The Hall–Kier alpha value is -1.55. The molecule has 1 heterocycles. The molecule has 21 heavy (non-hydrogen) atoms. The maximum atomic E-state index is 11.5. The largest absolute Gasteiger partial charge is 0.445 e. The highest BCUT2D eigenvalue weighted by Crippen LogP contribution is 2.12. The number of alkyl carbamates (subject to hydrolysis) is 1. The molecule has 4 heteroatoms. The third-order valence-corrected chi connectivity index (χ3v) is 3.87. The maximum absolute atomic E-state index is 11.5. The second-order valence-corrected chi connectivity index (χ2v) is 5.63. The van der Waals surface area contributed by atoms with Crippen LogP contribution in [0.4, 0.5) is 4.79 Å². The number of unbranched alkanes of at least 4 members (excludes halogenated alkanes) is 2. The molecule has 1 saturated heterocycles. The highest BCUT2D eigenvalue weighted by Gasteiger charge is 2.12. The summed E-state index contributed by atoms with van der Waals surface area (Å²) in [7, 11) is 0. The summed E-state index contributed by atoms with van der Waals surface area (Å²) in [4.78, 5) is 11.5. The molecule has 0 bridgehead atoms. The van der Waals surface area contributed by atoms with Gasteiger partial charge in [0.05, 0.1) is 0 Å². The first kappa shape index (κ1) is 15.8. The quantitative estimate of drug-likeness (QED) is 0.723. The van der Waals surface area contributed by atoms with E-state index in [-0.39, 0.29) is 6.09 Å². The predicted molar refractivity (Wildman–Crippen MR) is 84.1 cm³/mol. The summed E-state index contributed by atoms with van der Waals surface area (Å²) in [5.41, 5.74) is 1.01. The fourth-order valence-electron chi connectivity index (χ4n) is 2.66. The molecule has 0 aromatic heterocycles. The lowest BCUT2D eigenvalue weighted by molar-refractivity contribution is 0.139. The van der Waals surface area contributed by atoms with E-state index in [1.807, 2.05) is 30.3 Å². The Morgan fingerprint density at radius 2 is 2.10 bits per heavy atom. The lowest BCUT2D eigenvalue weighted by atomic mass is 10.1. The van der Waals surface area contributed by atoms with Crippen LogP contribution in [0, 0.1) is 0 Å². The molecule has 1 atom stereocenters. The van der Waals surface area contributed by atoms with Crippen molar-refractivity contribution in [1.82, 2.24) is 10.6 Å². The van der Waals surface area contributed by atoms with Crippen LogP contribution in [0.25, 0.3) is 0 Å². The van der Waals surface area contributed by atoms with Gasteiger partial charge >= 0.3 is 6.09 Å². The Balaban J connectivity index is 1.44.